The molecule has 3 heterocycles. The molecule has 7 nitrogen and oxygen atoms in total. The Balaban J connectivity index is 1.30. The van der Waals surface area contributed by atoms with E-state index in [1.165, 1.54) is 16.8 Å². The van der Waals surface area contributed by atoms with Gasteiger partial charge < -0.3 is 4.74 Å². The van der Waals surface area contributed by atoms with Gasteiger partial charge in [-0.1, -0.05) is 35.5 Å². The number of likely N-dealkylation sites (tertiary alicyclic amines) is 1. The SMILES string of the molecule is Cc1nn(C)c(C)c1CN1CCC(n2cc(COCc3ccccc3)nn2)C1. The van der Waals surface area contributed by atoms with Gasteiger partial charge in [-0.3, -0.25) is 9.58 Å². The Hall–Kier alpha value is -2.51. The maximum absolute atomic E-state index is 5.78. The van der Waals surface area contributed by atoms with Crippen LogP contribution in [0.1, 0.15) is 40.7 Å². The van der Waals surface area contributed by atoms with Gasteiger partial charge >= 0.3 is 0 Å². The molecule has 0 radical (unpaired) electrons. The predicted octanol–water partition coefficient (Wildman–Crippen LogP) is 2.79. The summed E-state index contributed by atoms with van der Waals surface area (Å²) in [5.41, 5.74) is 5.77. The van der Waals surface area contributed by atoms with Crippen molar-refractivity contribution < 1.29 is 4.74 Å². The molecule has 0 aliphatic carbocycles. The van der Waals surface area contributed by atoms with Crippen molar-refractivity contribution in [1.82, 2.24) is 29.7 Å². The monoisotopic (exact) mass is 380 g/mol. The highest BCUT2D eigenvalue weighted by atomic mass is 16.5. The summed E-state index contributed by atoms with van der Waals surface area (Å²) < 4.78 is 9.75. The average molecular weight is 380 g/mol. The maximum atomic E-state index is 5.78. The summed E-state index contributed by atoms with van der Waals surface area (Å²) in [6, 6.07) is 10.6. The minimum Gasteiger partial charge on any atom is -0.370 e. The molecule has 3 aromatic rings. The summed E-state index contributed by atoms with van der Waals surface area (Å²) >= 11 is 0. The summed E-state index contributed by atoms with van der Waals surface area (Å²) in [4.78, 5) is 2.48. The van der Waals surface area contributed by atoms with Crippen LogP contribution in [-0.4, -0.2) is 42.8 Å². The average Bonchev–Trinajstić information content (AvgIpc) is 3.40. The molecule has 0 saturated carbocycles. The zero-order chi connectivity index (χ0) is 19.5. The standard InChI is InChI=1S/C21H28N6O/c1-16-21(17(2)25(3)23-16)13-26-10-9-20(12-26)27-11-19(22-24-27)15-28-14-18-7-5-4-6-8-18/h4-8,11,20H,9-10,12-15H2,1-3H3. The highest BCUT2D eigenvalue weighted by Gasteiger charge is 2.26. The molecule has 4 rings (SSSR count). The Morgan fingerprint density at radius 3 is 2.71 bits per heavy atom. The van der Waals surface area contributed by atoms with E-state index in [-0.39, 0.29) is 0 Å². The van der Waals surface area contributed by atoms with E-state index in [2.05, 4.69) is 46.3 Å². The van der Waals surface area contributed by atoms with Crippen LogP contribution < -0.4 is 0 Å². The van der Waals surface area contributed by atoms with Crippen molar-refractivity contribution in [3.8, 4) is 0 Å². The molecule has 2 aromatic heterocycles. The van der Waals surface area contributed by atoms with Gasteiger partial charge in [-0.05, 0) is 25.8 Å². The summed E-state index contributed by atoms with van der Waals surface area (Å²) in [5, 5.41) is 13.2. The van der Waals surface area contributed by atoms with Gasteiger partial charge in [0.1, 0.15) is 5.69 Å². The smallest absolute Gasteiger partial charge is 0.108 e. The first-order valence-corrected chi connectivity index (χ1v) is 9.84. The fourth-order valence-electron chi connectivity index (χ4n) is 3.85. The lowest BCUT2D eigenvalue weighted by Crippen LogP contribution is -2.22. The van der Waals surface area contributed by atoms with Crippen LogP contribution >= 0.6 is 0 Å². The molecule has 0 N–H and O–H groups in total. The van der Waals surface area contributed by atoms with Gasteiger partial charge in [-0.25, -0.2) is 4.68 Å². The van der Waals surface area contributed by atoms with Crippen LogP contribution in [0.25, 0.3) is 0 Å². The quantitative estimate of drug-likeness (QED) is 0.631. The molecule has 148 valence electrons. The summed E-state index contributed by atoms with van der Waals surface area (Å²) in [6.45, 7) is 8.31. The molecule has 1 fully saturated rings. The summed E-state index contributed by atoms with van der Waals surface area (Å²) in [6.07, 6.45) is 3.12. The summed E-state index contributed by atoms with van der Waals surface area (Å²) in [5.74, 6) is 0. The number of aryl methyl sites for hydroxylation is 2. The first-order valence-electron chi connectivity index (χ1n) is 9.84. The third-order valence-electron chi connectivity index (χ3n) is 5.58. The number of hydrogen-bond donors (Lipinski definition) is 0. The molecule has 1 saturated heterocycles. The van der Waals surface area contributed by atoms with Crippen LogP contribution in [-0.2, 0) is 31.5 Å². The Labute approximate surface area is 165 Å². The summed E-state index contributed by atoms with van der Waals surface area (Å²) in [7, 11) is 2.01. The van der Waals surface area contributed by atoms with E-state index in [9.17, 15) is 0 Å². The first kappa shape index (κ1) is 18.8. The maximum Gasteiger partial charge on any atom is 0.108 e. The lowest BCUT2D eigenvalue weighted by Gasteiger charge is -2.16. The third kappa shape index (κ3) is 4.15. The van der Waals surface area contributed by atoms with Crippen molar-refractivity contribution >= 4 is 0 Å². The van der Waals surface area contributed by atoms with Crippen LogP contribution in [0, 0.1) is 13.8 Å². The number of rotatable bonds is 7. The molecule has 0 spiro atoms. The Kier molecular flexibility index (Phi) is 5.54. The fourth-order valence-corrected chi connectivity index (χ4v) is 3.85. The zero-order valence-electron chi connectivity index (χ0n) is 16.9. The number of aromatic nitrogens is 5. The van der Waals surface area contributed by atoms with Crippen molar-refractivity contribution in [1.29, 1.82) is 0 Å². The van der Waals surface area contributed by atoms with E-state index in [4.69, 9.17) is 4.74 Å². The Morgan fingerprint density at radius 1 is 1.14 bits per heavy atom. The van der Waals surface area contributed by atoms with Crippen LogP contribution in [0.3, 0.4) is 0 Å². The van der Waals surface area contributed by atoms with Crippen LogP contribution in [0.2, 0.25) is 0 Å². The van der Waals surface area contributed by atoms with Crippen molar-refractivity contribution in [3.05, 3.63) is 64.7 Å². The van der Waals surface area contributed by atoms with Gasteiger partial charge in [-0.15, -0.1) is 5.10 Å². The van der Waals surface area contributed by atoms with Crippen molar-refractivity contribution in [2.24, 2.45) is 7.05 Å². The minimum atomic E-state index is 0.368. The van der Waals surface area contributed by atoms with Crippen LogP contribution in [0.15, 0.2) is 36.5 Å². The number of benzene rings is 1. The van der Waals surface area contributed by atoms with E-state index in [1.807, 2.05) is 40.8 Å². The normalized spacial score (nSPS) is 17.5. The lowest BCUT2D eigenvalue weighted by molar-refractivity contribution is 0.104. The molecule has 1 atom stereocenters. The first-order chi connectivity index (χ1) is 13.6. The molecule has 1 unspecified atom stereocenters. The molecule has 7 heteroatoms. The van der Waals surface area contributed by atoms with Crippen molar-refractivity contribution in [2.75, 3.05) is 13.1 Å². The topological polar surface area (TPSA) is 61.0 Å². The van der Waals surface area contributed by atoms with Gasteiger partial charge in [0.2, 0.25) is 0 Å². The Morgan fingerprint density at radius 2 is 1.96 bits per heavy atom. The van der Waals surface area contributed by atoms with Gasteiger partial charge in [0, 0.05) is 37.9 Å². The molecular formula is C21H28N6O. The molecule has 1 aliphatic heterocycles. The second kappa shape index (κ2) is 8.24. The second-order valence-corrected chi connectivity index (χ2v) is 7.62. The van der Waals surface area contributed by atoms with Crippen LogP contribution in [0.4, 0.5) is 0 Å². The minimum absolute atomic E-state index is 0.368. The highest BCUT2D eigenvalue weighted by Crippen LogP contribution is 2.24. The lowest BCUT2D eigenvalue weighted by atomic mass is 10.2. The number of hydrogen-bond acceptors (Lipinski definition) is 5. The largest absolute Gasteiger partial charge is 0.370 e. The molecule has 0 bridgehead atoms. The van der Waals surface area contributed by atoms with E-state index < -0.39 is 0 Å². The van der Waals surface area contributed by atoms with E-state index in [0.29, 0.717) is 19.3 Å². The van der Waals surface area contributed by atoms with Gasteiger partial charge in [-0.2, -0.15) is 5.10 Å². The second-order valence-electron chi connectivity index (χ2n) is 7.62. The zero-order valence-corrected chi connectivity index (χ0v) is 16.9. The molecule has 1 aromatic carbocycles. The molecule has 0 amide bonds. The molecule has 28 heavy (non-hydrogen) atoms. The van der Waals surface area contributed by atoms with Crippen molar-refractivity contribution in [2.45, 2.75) is 46.1 Å². The highest BCUT2D eigenvalue weighted by molar-refractivity contribution is 5.24. The predicted molar refractivity (Wildman–Crippen MR) is 107 cm³/mol. The fraction of sp³-hybridized carbons (Fsp3) is 0.476. The van der Waals surface area contributed by atoms with Crippen LogP contribution in [0.5, 0.6) is 0 Å². The van der Waals surface area contributed by atoms with Gasteiger partial charge in [0.05, 0.1) is 31.1 Å². The molecule has 1 aliphatic rings. The van der Waals surface area contributed by atoms with E-state index in [1.54, 1.807) is 0 Å². The third-order valence-corrected chi connectivity index (χ3v) is 5.58. The number of ether oxygens (including phenoxy) is 1. The van der Waals surface area contributed by atoms with E-state index >= 15 is 0 Å². The van der Waals surface area contributed by atoms with Gasteiger partial charge in [0.25, 0.3) is 0 Å². The van der Waals surface area contributed by atoms with Gasteiger partial charge in [0.15, 0.2) is 0 Å². The van der Waals surface area contributed by atoms with E-state index in [0.717, 1.165) is 37.4 Å². The van der Waals surface area contributed by atoms with Crippen molar-refractivity contribution in [3.63, 3.8) is 0 Å². The Bertz CT molecular complexity index is 916. The molecular weight excluding hydrogens is 352 g/mol. The number of nitrogens with zero attached hydrogens (tertiary/aromatic N) is 6.